The fourth-order valence-corrected chi connectivity index (χ4v) is 1.95. The molecule has 0 aromatic carbocycles. The number of nitro groups is 1. The summed E-state index contributed by atoms with van der Waals surface area (Å²) in [5.41, 5.74) is 0.749. The third-order valence-electron chi connectivity index (χ3n) is 2.92. The maximum absolute atomic E-state index is 10.9. The van der Waals surface area contributed by atoms with Crippen LogP contribution >= 0.6 is 0 Å². The highest BCUT2D eigenvalue weighted by atomic mass is 16.6. The molecule has 0 saturated carbocycles. The van der Waals surface area contributed by atoms with Gasteiger partial charge in [-0.3, -0.25) is 10.1 Å². The molecule has 0 radical (unpaired) electrons. The Morgan fingerprint density at radius 3 is 3.06 bits per heavy atom. The summed E-state index contributed by atoms with van der Waals surface area (Å²) in [5.74, 6) is 0.700. The third kappa shape index (κ3) is 2.71. The highest BCUT2D eigenvalue weighted by Gasteiger charge is 2.16. The number of aromatic nitrogens is 1. The molecule has 2 heterocycles. The van der Waals surface area contributed by atoms with Crippen molar-refractivity contribution in [2.75, 3.05) is 31.1 Å². The number of nitrogens with one attached hydrogen (secondary N) is 1. The second-order valence-corrected chi connectivity index (χ2v) is 4.18. The molecule has 0 atom stereocenters. The summed E-state index contributed by atoms with van der Waals surface area (Å²) in [7, 11) is 0. The molecule has 0 amide bonds. The molecule has 0 spiro atoms. The molecule has 1 saturated heterocycles. The van der Waals surface area contributed by atoms with Crippen LogP contribution in [0.4, 0.5) is 11.5 Å². The minimum Gasteiger partial charge on any atom is -0.355 e. The first kappa shape index (κ1) is 11.8. The van der Waals surface area contributed by atoms with Gasteiger partial charge in [0.1, 0.15) is 5.82 Å². The molecule has 1 aromatic heterocycles. The second-order valence-electron chi connectivity index (χ2n) is 4.18. The topological polar surface area (TPSA) is 71.3 Å². The smallest absolute Gasteiger partial charge is 0.277 e. The Bertz CT molecular complexity index is 414. The van der Waals surface area contributed by atoms with Gasteiger partial charge in [0, 0.05) is 31.4 Å². The lowest BCUT2D eigenvalue weighted by atomic mass is 10.2. The van der Waals surface area contributed by atoms with Crippen LogP contribution in [-0.2, 0) is 0 Å². The van der Waals surface area contributed by atoms with Gasteiger partial charge >= 0.3 is 0 Å². The van der Waals surface area contributed by atoms with Crippen LogP contribution < -0.4 is 10.2 Å². The molecule has 0 aliphatic carbocycles. The summed E-state index contributed by atoms with van der Waals surface area (Å²) in [4.78, 5) is 16.9. The molecule has 1 N–H and O–H groups in total. The van der Waals surface area contributed by atoms with Crippen molar-refractivity contribution in [3.8, 4) is 0 Å². The Labute approximate surface area is 99.8 Å². The average molecular weight is 236 g/mol. The maximum atomic E-state index is 10.9. The number of nitrogens with zero attached hydrogens (tertiary/aromatic N) is 3. The van der Waals surface area contributed by atoms with E-state index in [9.17, 15) is 10.1 Å². The number of hydrogen-bond acceptors (Lipinski definition) is 5. The summed E-state index contributed by atoms with van der Waals surface area (Å²) >= 11 is 0. The van der Waals surface area contributed by atoms with E-state index in [4.69, 9.17) is 0 Å². The van der Waals surface area contributed by atoms with Crippen molar-refractivity contribution in [2.24, 2.45) is 0 Å². The van der Waals surface area contributed by atoms with E-state index in [1.165, 1.54) is 0 Å². The van der Waals surface area contributed by atoms with Crippen LogP contribution in [-0.4, -0.2) is 36.1 Å². The van der Waals surface area contributed by atoms with E-state index in [0.29, 0.717) is 11.4 Å². The van der Waals surface area contributed by atoms with Crippen LogP contribution in [0.2, 0.25) is 0 Å². The van der Waals surface area contributed by atoms with Crippen molar-refractivity contribution in [2.45, 2.75) is 13.3 Å². The van der Waals surface area contributed by atoms with Gasteiger partial charge in [-0.05, 0) is 19.9 Å². The molecule has 6 heteroatoms. The number of pyridine rings is 1. The van der Waals surface area contributed by atoms with E-state index in [2.05, 4.69) is 15.2 Å². The standard InChI is InChI=1S/C11H16N4O2/c1-9-8-13-11(7-10(9)15(16)17)14-5-2-3-12-4-6-14/h7-8,12H,2-6H2,1H3. The van der Waals surface area contributed by atoms with Crippen LogP contribution in [0.3, 0.4) is 0 Å². The van der Waals surface area contributed by atoms with Gasteiger partial charge in [0.15, 0.2) is 0 Å². The Morgan fingerprint density at radius 1 is 1.47 bits per heavy atom. The normalized spacial score (nSPS) is 16.6. The number of rotatable bonds is 2. The highest BCUT2D eigenvalue weighted by molar-refractivity contribution is 5.50. The minimum atomic E-state index is -0.351. The van der Waals surface area contributed by atoms with Gasteiger partial charge in [0.2, 0.25) is 0 Å². The SMILES string of the molecule is Cc1cnc(N2CCCNCC2)cc1[N+](=O)[O-]. The Balaban J connectivity index is 2.25. The van der Waals surface area contributed by atoms with E-state index in [1.807, 2.05) is 0 Å². The van der Waals surface area contributed by atoms with Gasteiger partial charge in [0.25, 0.3) is 5.69 Å². The van der Waals surface area contributed by atoms with Crippen LogP contribution in [0.5, 0.6) is 0 Å². The molecular formula is C11H16N4O2. The Morgan fingerprint density at radius 2 is 2.29 bits per heavy atom. The minimum absolute atomic E-state index is 0.146. The first-order chi connectivity index (χ1) is 8.18. The van der Waals surface area contributed by atoms with E-state index in [1.54, 1.807) is 19.2 Å². The fourth-order valence-electron chi connectivity index (χ4n) is 1.95. The van der Waals surface area contributed by atoms with Crippen molar-refractivity contribution >= 4 is 11.5 Å². The molecule has 1 aliphatic heterocycles. The van der Waals surface area contributed by atoms with E-state index < -0.39 is 0 Å². The van der Waals surface area contributed by atoms with Crippen molar-refractivity contribution in [3.63, 3.8) is 0 Å². The van der Waals surface area contributed by atoms with Crippen molar-refractivity contribution in [3.05, 3.63) is 27.9 Å². The van der Waals surface area contributed by atoms with Gasteiger partial charge in [0.05, 0.1) is 11.0 Å². The summed E-state index contributed by atoms with van der Waals surface area (Å²) in [6.45, 7) is 5.32. The van der Waals surface area contributed by atoms with Gasteiger partial charge in [-0.25, -0.2) is 4.98 Å². The third-order valence-corrected chi connectivity index (χ3v) is 2.92. The van der Waals surface area contributed by atoms with Crippen LogP contribution in [0.15, 0.2) is 12.3 Å². The van der Waals surface area contributed by atoms with Gasteiger partial charge in [-0.1, -0.05) is 0 Å². The molecular weight excluding hydrogens is 220 g/mol. The van der Waals surface area contributed by atoms with Gasteiger partial charge in [-0.2, -0.15) is 0 Å². The molecule has 1 fully saturated rings. The molecule has 6 nitrogen and oxygen atoms in total. The lowest BCUT2D eigenvalue weighted by Gasteiger charge is -2.20. The largest absolute Gasteiger partial charge is 0.355 e. The quantitative estimate of drug-likeness (QED) is 0.615. The average Bonchev–Trinajstić information content (AvgIpc) is 2.58. The molecule has 92 valence electrons. The zero-order valence-electron chi connectivity index (χ0n) is 9.85. The zero-order valence-corrected chi connectivity index (χ0v) is 9.85. The van der Waals surface area contributed by atoms with Crippen molar-refractivity contribution in [1.82, 2.24) is 10.3 Å². The lowest BCUT2D eigenvalue weighted by molar-refractivity contribution is -0.385. The van der Waals surface area contributed by atoms with Crippen LogP contribution in [0, 0.1) is 17.0 Å². The Hall–Kier alpha value is -1.69. The van der Waals surface area contributed by atoms with E-state index in [-0.39, 0.29) is 10.6 Å². The molecule has 1 aliphatic rings. The molecule has 0 bridgehead atoms. The lowest BCUT2D eigenvalue weighted by Crippen LogP contribution is -2.28. The summed E-state index contributed by atoms with van der Waals surface area (Å²) in [6, 6.07) is 1.57. The van der Waals surface area contributed by atoms with Gasteiger partial charge in [-0.15, -0.1) is 0 Å². The fraction of sp³-hybridized carbons (Fsp3) is 0.545. The van der Waals surface area contributed by atoms with Crippen LogP contribution in [0.25, 0.3) is 0 Å². The molecule has 17 heavy (non-hydrogen) atoms. The number of hydrogen-bond donors (Lipinski definition) is 1. The summed E-state index contributed by atoms with van der Waals surface area (Å²) in [6.07, 6.45) is 2.61. The second kappa shape index (κ2) is 5.09. The van der Waals surface area contributed by atoms with Crippen molar-refractivity contribution in [1.29, 1.82) is 0 Å². The Kier molecular flexibility index (Phi) is 3.53. The highest BCUT2D eigenvalue weighted by Crippen LogP contribution is 2.22. The van der Waals surface area contributed by atoms with E-state index in [0.717, 1.165) is 32.6 Å². The number of anilines is 1. The molecule has 0 unspecified atom stereocenters. The van der Waals surface area contributed by atoms with Crippen molar-refractivity contribution < 1.29 is 4.92 Å². The predicted molar refractivity (Wildman–Crippen MR) is 65.3 cm³/mol. The first-order valence-electron chi connectivity index (χ1n) is 5.75. The summed E-state index contributed by atoms with van der Waals surface area (Å²) < 4.78 is 0. The number of aryl methyl sites for hydroxylation is 1. The maximum Gasteiger partial charge on any atom is 0.277 e. The van der Waals surface area contributed by atoms with E-state index >= 15 is 0 Å². The zero-order chi connectivity index (χ0) is 12.3. The first-order valence-corrected chi connectivity index (χ1v) is 5.75. The van der Waals surface area contributed by atoms with Crippen LogP contribution in [0.1, 0.15) is 12.0 Å². The van der Waals surface area contributed by atoms with Gasteiger partial charge < -0.3 is 10.2 Å². The monoisotopic (exact) mass is 236 g/mol. The predicted octanol–water partition coefficient (Wildman–Crippen LogP) is 1.10. The summed E-state index contributed by atoms with van der Waals surface area (Å²) in [5, 5.41) is 14.2. The molecule has 1 aromatic rings. The molecule has 2 rings (SSSR count).